The molecule has 0 aliphatic heterocycles. The molecule has 1 unspecified atom stereocenters. The highest BCUT2D eigenvalue weighted by Crippen LogP contribution is 2.19. The van der Waals surface area contributed by atoms with E-state index in [0.717, 1.165) is 19.3 Å². The third kappa shape index (κ3) is 2.22. The van der Waals surface area contributed by atoms with Gasteiger partial charge in [0.1, 0.15) is 0 Å². The maximum atomic E-state index is 10.6. The summed E-state index contributed by atoms with van der Waals surface area (Å²) in [5.41, 5.74) is 0.436. The normalized spacial score (nSPS) is 23.1. The van der Waals surface area contributed by atoms with Crippen LogP contribution in [0.25, 0.3) is 0 Å². The summed E-state index contributed by atoms with van der Waals surface area (Å²) < 4.78 is 0. The van der Waals surface area contributed by atoms with E-state index in [1.54, 1.807) is 6.08 Å². The average molecular weight is 166 g/mol. The van der Waals surface area contributed by atoms with Crippen LogP contribution in [0.5, 0.6) is 0 Å². The number of hydrogen-bond acceptors (Lipinski definition) is 1. The summed E-state index contributed by atoms with van der Waals surface area (Å²) >= 11 is 0. The number of allylic oxidation sites excluding steroid dienone is 2. The first-order chi connectivity index (χ1) is 5.74. The highest BCUT2D eigenvalue weighted by Gasteiger charge is 2.09. The van der Waals surface area contributed by atoms with Crippen molar-refractivity contribution in [1.82, 2.24) is 0 Å². The van der Waals surface area contributed by atoms with Gasteiger partial charge in [-0.3, -0.25) is 0 Å². The summed E-state index contributed by atoms with van der Waals surface area (Å²) in [7, 11) is 0. The van der Waals surface area contributed by atoms with E-state index < -0.39 is 5.97 Å². The van der Waals surface area contributed by atoms with Crippen LogP contribution in [0.1, 0.15) is 26.2 Å². The molecule has 0 aromatic rings. The topological polar surface area (TPSA) is 37.3 Å². The first-order valence-electron chi connectivity index (χ1n) is 4.34. The smallest absolute Gasteiger partial charge is 0.335 e. The monoisotopic (exact) mass is 166 g/mol. The second kappa shape index (κ2) is 4.10. The molecule has 0 amide bonds. The molecule has 0 fully saturated rings. The summed E-state index contributed by atoms with van der Waals surface area (Å²) in [5, 5.41) is 8.70. The summed E-state index contributed by atoms with van der Waals surface area (Å²) in [5.74, 6) is -0.193. The average Bonchev–Trinajstić information content (AvgIpc) is 2.28. The molecule has 0 bridgehead atoms. The van der Waals surface area contributed by atoms with Crippen molar-refractivity contribution in [3.63, 3.8) is 0 Å². The van der Waals surface area contributed by atoms with Crippen LogP contribution in [0.15, 0.2) is 23.8 Å². The zero-order valence-corrected chi connectivity index (χ0v) is 7.29. The second-order valence-electron chi connectivity index (χ2n) is 3.11. The third-order valence-corrected chi connectivity index (χ3v) is 2.26. The van der Waals surface area contributed by atoms with Gasteiger partial charge in [0.25, 0.3) is 0 Å². The molecule has 2 heteroatoms. The van der Waals surface area contributed by atoms with Gasteiger partial charge in [-0.1, -0.05) is 31.6 Å². The van der Waals surface area contributed by atoms with Crippen molar-refractivity contribution in [2.45, 2.75) is 26.2 Å². The minimum Gasteiger partial charge on any atom is -0.478 e. The van der Waals surface area contributed by atoms with Gasteiger partial charge in [-0.05, 0) is 18.8 Å². The lowest BCUT2D eigenvalue weighted by Crippen LogP contribution is -1.97. The van der Waals surface area contributed by atoms with Crippen molar-refractivity contribution in [2.24, 2.45) is 5.92 Å². The van der Waals surface area contributed by atoms with E-state index in [9.17, 15) is 4.79 Å². The second-order valence-corrected chi connectivity index (χ2v) is 3.11. The van der Waals surface area contributed by atoms with E-state index in [-0.39, 0.29) is 0 Å². The SMILES string of the molecule is CCC1CC=CC(C(=O)O)=CC1. The molecule has 66 valence electrons. The summed E-state index contributed by atoms with van der Waals surface area (Å²) in [4.78, 5) is 10.6. The zero-order valence-electron chi connectivity index (χ0n) is 7.29. The van der Waals surface area contributed by atoms with Crippen LogP contribution in [-0.2, 0) is 4.79 Å². The van der Waals surface area contributed by atoms with Crippen LogP contribution in [0.3, 0.4) is 0 Å². The third-order valence-electron chi connectivity index (χ3n) is 2.26. The van der Waals surface area contributed by atoms with Crippen molar-refractivity contribution in [3.8, 4) is 0 Å². The number of carboxylic acid groups (broad SMARTS) is 1. The first-order valence-corrected chi connectivity index (χ1v) is 4.34. The highest BCUT2D eigenvalue weighted by molar-refractivity contribution is 5.89. The lowest BCUT2D eigenvalue weighted by atomic mass is 9.99. The zero-order chi connectivity index (χ0) is 8.97. The molecule has 0 aromatic carbocycles. The van der Waals surface area contributed by atoms with Gasteiger partial charge in [-0.25, -0.2) is 4.79 Å². The molecule has 1 aliphatic carbocycles. The van der Waals surface area contributed by atoms with Gasteiger partial charge in [0.05, 0.1) is 5.57 Å². The van der Waals surface area contributed by atoms with Crippen LogP contribution in [0.4, 0.5) is 0 Å². The van der Waals surface area contributed by atoms with Gasteiger partial charge in [0.15, 0.2) is 0 Å². The molecule has 0 aromatic heterocycles. The van der Waals surface area contributed by atoms with Crippen molar-refractivity contribution in [3.05, 3.63) is 23.8 Å². The van der Waals surface area contributed by atoms with Gasteiger partial charge in [0.2, 0.25) is 0 Å². The lowest BCUT2D eigenvalue weighted by molar-refractivity contribution is -0.132. The number of carbonyl (C=O) groups is 1. The fourth-order valence-corrected chi connectivity index (χ4v) is 1.34. The van der Waals surface area contributed by atoms with Gasteiger partial charge in [-0.2, -0.15) is 0 Å². The van der Waals surface area contributed by atoms with Crippen LogP contribution >= 0.6 is 0 Å². The molecule has 0 radical (unpaired) electrons. The predicted octanol–water partition coefficient (Wildman–Crippen LogP) is 2.37. The number of aliphatic carboxylic acids is 1. The van der Waals surface area contributed by atoms with Crippen molar-refractivity contribution < 1.29 is 9.90 Å². The Morgan fingerprint density at radius 2 is 2.42 bits per heavy atom. The van der Waals surface area contributed by atoms with Crippen LogP contribution < -0.4 is 0 Å². The molecule has 1 N–H and O–H groups in total. The molecule has 12 heavy (non-hydrogen) atoms. The highest BCUT2D eigenvalue weighted by atomic mass is 16.4. The molecule has 1 atom stereocenters. The molecule has 2 nitrogen and oxygen atoms in total. The standard InChI is InChI=1S/C10H14O2/c1-2-8-4-3-5-9(7-6-8)10(11)12/h3,5,7-8H,2,4,6H2,1H3,(H,11,12). The maximum absolute atomic E-state index is 10.6. The Kier molecular flexibility index (Phi) is 3.09. The Labute approximate surface area is 72.6 Å². The fourth-order valence-electron chi connectivity index (χ4n) is 1.34. The van der Waals surface area contributed by atoms with E-state index in [1.165, 1.54) is 0 Å². The fraction of sp³-hybridized carbons (Fsp3) is 0.500. The van der Waals surface area contributed by atoms with Gasteiger partial charge in [0, 0.05) is 0 Å². The number of hydrogen-bond donors (Lipinski definition) is 1. The Bertz CT molecular complexity index is 226. The summed E-state index contributed by atoms with van der Waals surface area (Å²) in [6.07, 6.45) is 8.50. The molecule has 1 rings (SSSR count). The van der Waals surface area contributed by atoms with Crippen LogP contribution in [-0.4, -0.2) is 11.1 Å². The molecule has 0 saturated carbocycles. The Balaban J connectivity index is 2.67. The van der Waals surface area contributed by atoms with Crippen molar-refractivity contribution in [1.29, 1.82) is 0 Å². The molecule has 0 spiro atoms. The van der Waals surface area contributed by atoms with Crippen molar-refractivity contribution >= 4 is 5.97 Å². The minimum absolute atomic E-state index is 0.436. The van der Waals surface area contributed by atoms with Crippen molar-refractivity contribution in [2.75, 3.05) is 0 Å². The molecule has 1 aliphatic rings. The Morgan fingerprint density at radius 1 is 1.67 bits per heavy atom. The predicted molar refractivity (Wildman–Crippen MR) is 47.9 cm³/mol. The maximum Gasteiger partial charge on any atom is 0.335 e. The van der Waals surface area contributed by atoms with Crippen LogP contribution in [0, 0.1) is 5.92 Å². The molecule has 0 saturated heterocycles. The number of rotatable bonds is 2. The van der Waals surface area contributed by atoms with E-state index in [2.05, 4.69) is 6.92 Å². The number of carboxylic acids is 1. The summed E-state index contributed by atoms with van der Waals surface area (Å²) in [6.45, 7) is 2.14. The Hall–Kier alpha value is -1.05. The van der Waals surface area contributed by atoms with E-state index in [0.29, 0.717) is 11.5 Å². The van der Waals surface area contributed by atoms with Gasteiger partial charge < -0.3 is 5.11 Å². The molecule has 0 heterocycles. The molecular formula is C10H14O2. The van der Waals surface area contributed by atoms with Crippen LogP contribution in [0.2, 0.25) is 0 Å². The molecular weight excluding hydrogens is 152 g/mol. The van der Waals surface area contributed by atoms with Gasteiger partial charge >= 0.3 is 5.97 Å². The largest absolute Gasteiger partial charge is 0.478 e. The quantitative estimate of drug-likeness (QED) is 0.683. The first kappa shape index (κ1) is 9.04. The van der Waals surface area contributed by atoms with E-state index in [4.69, 9.17) is 5.11 Å². The van der Waals surface area contributed by atoms with E-state index in [1.807, 2.05) is 12.2 Å². The Morgan fingerprint density at radius 3 is 3.00 bits per heavy atom. The van der Waals surface area contributed by atoms with Gasteiger partial charge in [-0.15, -0.1) is 0 Å². The lowest BCUT2D eigenvalue weighted by Gasteiger charge is -2.06. The van der Waals surface area contributed by atoms with E-state index >= 15 is 0 Å². The summed E-state index contributed by atoms with van der Waals surface area (Å²) in [6, 6.07) is 0. The minimum atomic E-state index is -0.817.